The smallest absolute Gasteiger partial charge is 0.433 e. The fraction of sp³-hybridized carbons (Fsp3) is 0.462. The Kier molecular flexibility index (Phi) is 15.1. The molecule has 0 spiro atoms. The lowest BCUT2D eigenvalue weighted by atomic mass is 9.95. The number of halogens is 4. The molecule has 1 aromatic carbocycles. The van der Waals surface area contributed by atoms with Gasteiger partial charge in [0.2, 0.25) is 0 Å². The number of ether oxygens (including phenoxy) is 1. The van der Waals surface area contributed by atoms with Crippen LogP contribution in [0, 0.1) is 5.92 Å². The topological polar surface area (TPSA) is 34.0 Å². The molecule has 0 saturated carbocycles. The highest BCUT2D eigenvalue weighted by Crippen LogP contribution is 2.28. The Balaban J connectivity index is 0.00000497. The summed E-state index contributed by atoms with van der Waals surface area (Å²) in [5.41, 5.74) is 1.03. The minimum Gasteiger partial charge on any atom is -0.489 e. The number of allylic oxidation sites excluding steroid dienone is 3. The molecule has 1 aromatic rings. The number of nitrogens with zero attached hydrogens (tertiary/aromatic N) is 2. The van der Waals surface area contributed by atoms with Crippen LogP contribution >= 0.6 is 11.6 Å². The molecule has 0 aliphatic carbocycles. The van der Waals surface area contributed by atoms with Gasteiger partial charge in [-0.1, -0.05) is 83.1 Å². The van der Waals surface area contributed by atoms with Crippen LogP contribution in [-0.2, 0) is 11.3 Å². The van der Waals surface area contributed by atoms with Crippen LogP contribution in [0.1, 0.15) is 71.9 Å². The van der Waals surface area contributed by atoms with E-state index in [1.165, 1.54) is 13.1 Å². The van der Waals surface area contributed by atoms with E-state index in [4.69, 9.17) is 16.3 Å². The van der Waals surface area contributed by atoms with E-state index in [1.807, 2.05) is 46.8 Å². The van der Waals surface area contributed by atoms with E-state index in [9.17, 15) is 13.2 Å². The predicted molar refractivity (Wildman–Crippen MR) is 135 cm³/mol. The van der Waals surface area contributed by atoms with Crippen molar-refractivity contribution >= 4 is 22.5 Å². The molecule has 0 fully saturated rings. The minimum atomic E-state index is -4.49. The molecular weight excluding hydrogens is 449 g/mol. The largest absolute Gasteiger partial charge is 0.489 e. The van der Waals surface area contributed by atoms with Gasteiger partial charge in [0.05, 0.1) is 5.71 Å². The van der Waals surface area contributed by atoms with Crippen molar-refractivity contribution in [1.29, 1.82) is 0 Å². The highest BCUT2D eigenvalue weighted by atomic mass is 35.5. The van der Waals surface area contributed by atoms with Crippen molar-refractivity contribution in [3.05, 3.63) is 71.8 Å². The van der Waals surface area contributed by atoms with E-state index >= 15 is 0 Å². The molecule has 0 radical (unpaired) electrons. The zero-order valence-electron chi connectivity index (χ0n) is 20.5. The number of rotatable bonds is 11. The van der Waals surface area contributed by atoms with Crippen molar-refractivity contribution in [2.75, 3.05) is 0 Å². The second-order valence-electron chi connectivity index (χ2n) is 7.00. The van der Waals surface area contributed by atoms with Gasteiger partial charge in [0, 0.05) is 12.6 Å². The van der Waals surface area contributed by atoms with Crippen LogP contribution in [0.3, 0.4) is 0 Å². The standard InChI is InChI=1S/C24H30ClF3N2O.C2H6/c1-6-9-22(25)29-15-14-18(5)31-16-19-10-12-20(13-11-19)23(17(4)7-2)30-21(8-3)24(26,27)28;1-2/h8,10-15,17H,5-7,9,16H2,1-4H3;1-2H3/b15-14-,21-8-,29-22?,30-23?;. The molecular formula is C26H36ClF3N2O. The summed E-state index contributed by atoms with van der Waals surface area (Å²) >= 11 is 5.93. The first-order chi connectivity index (χ1) is 15.6. The van der Waals surface area contributed by atoms with Crippen molar-refractivity contribution < 1.29 is 17.9 Å². The van der Waals surface area contributed by atoms with Crippen molar-refractivity contribution in [2.24, 2.45) is 15.9 Å². The molecule has 0 aromatic heterocycles. The summed E-state index contributed by atoms with van der Waals surface area (Å²) in [6.45, 7) is 15.2. The second kappa shape index (κ2) is 16.3. The zero-order valence-corrected chi connectivity index (χ0v) is 21.2. The maximum atomic E-state index is 13.2. The van der Waals surface area contributed by atoms with Crippen LogP contribution < -0.4 is 0 Å². The van der Waals surface area contributed by atoms with Crippen LogP contribution in [0.5, 0.6) is 0 Å². The number of alkyl halides is 3. The zero-order chi connectivity index (χ0) is 25.4. The molecule has 0 heterocycles. The van der Waals surface area contributed by atoms with Crippen molar-refractivity contribution in [3.8, 4) is 0 Å². The Morgan fingerprint density at radius 1 is 1.18 bits per heavy atom. The summed E-state index contributed by atoms with van der Waals surface area (Å²) < 4.78 is 45.0. The summed E-state index contributed by atoms with van der Waals surface area (Å²) in [7, 11) is 0. The molecule has 7 heteroatoms. The molecule has 0 N–H and O–H groups in total. The van der Waals surface area contributed by atoms with E-state index in [0.29, 0.717) is 35.0 Å². The van der Waals surface area contributed by atoms with E-state index in [0.717, 1.165) is 18.1 Å². The van der Waals surface area contributed by atoms with E-state index in [1.54, 1.807) is 18.2 Å². The molecule has 33 heavy (non-hydrogen) atoms. The third kappa shape index (κ3) is 11.9. The van der Waals surface area contributed by atoms with Gasteiger partial charge in [-0.25, -0.2) is 9.98 Å². The highest BCUT2D eigenvalue weighted by molar-refractivity contribution is 6.65. The minimum absolute atomic E-state index is 0.121. The summed E-state index contributed by atoms with van der Waals surface area (Å²) in [6, 6.07) is 7.15. The first-order valence-electron chi connectivity index (χ1n) is 11.2. The molecule has 0 amide bonds. The van der Waals surface area contributed by atoms with E-state index in [-0.39, 0.29) is 12.5 Å². The summed E-state index contributed by atoms with van der Waals surface area (Å²) in [5, 5.41) is 0.521. The van der Waals surface area contributed by atoms with Gasteiger partial charge in [-0.05, 0) is 42.9 Å². The molecule has 0 aliphatic rings. The third-order valence-corrected chi connectivity index (χ3v) is 4.78. The fourth-order valence-corrected chi connectivity index (χ4v) is 2.79. The lowest BCUT2D eigenvalue weighted by Crippen LogP contribution is -2.17. The van der Waals surface area contributed by atoms with Crippen LogP contribution in [-0.4, -0.2) is 17.1 Å². The highest BCUT2D eigenvalue weighted by Gasteiger charge is 2.33. The van der Waals surface area contributed by atoms with E-state index in [2.05, 4.69) is 16.6 Å². The van der Waals surface area contributed by atoms with Crippen LogP contribution in [0.4, 0.5) is 13.2 Å². The Morgan fingerprint density at radius 2 is 1.79 bits per heavy atom. The van der Waals surface area contributed by atoms with Gasteiger partial charge in [0.15, 0.2) is 0 Å². The average Bonchev–Trinajstić information content (AvgIpc) is 2.79. The molecule has 1 atom stereocenters. The Hall–Kier alpha value is -2.34. The Bertz CT molecular complexity index is 838. The van der Waals surface area contributed by atoms with Gasteiger partial charge >= 0.3 is 6.18 Å². The fourth-order valence-electron chi connectivity index (χ4n) is 2.54. The maximum absolute atomic E-state index is 13.2. The Morgan fingerprint density at radius 3 is 2.27 bits per heavy atom. The summed E-state index contributed by atoms with van der Waals surface area (Å²) in [6.07, 6.45) is 1.97. The van der Waals surface area contributed by atoms with Crippen LogP contribution in [0.25, 0.3) is 0 Å². The van der Waals surface area contributed by atoms with E-state index < -0.39 is 11.9 Å². The average molecular weight is 485 g/mol. The SMILES string of the molecule is C=C(/C=C\N=C(Cl)CCC)OCc1ccc(C(=N/C(=C\C)C(F)(F)F)C(C)CC)cc1.CC. The van der Waals surface area contributed by atoms with Crippen LogP contribution in [0.2, 0.25) is 0 Å². The van der Waals surface area contributed by atoms with Gasteiger partial charge in [0.1, 0.15) is 23.2 Å². The molecule has 184 valence electrons. The first kappa shape index (κ1) is 30.7. The van der Waals surface area contributed by atoms with Crippen molar-refractivity contribution in [2.45, 2.75) is 73.6 Å². The number of aliphatic imine (C=N–C) groups is 2. The summed E-state index contributed by atoms with van der Waals surface area (Å²) in [4.78, 5) is 8.02. The van der Waals surface area contributed by atoms with Crippen molar-refractivity contribution in [3.63, 3.8) is 0 Å². The number of benzene rings is 1. The third-order valence-electron chi connectivity index (χ3n) is 4.49. The van der Waals surface area contributed by atoms with Gasteiger partial charge in [-0.15, -0.1) is 0 Å². The quantitative estimate of drug-likeness (QED) is 0.175. The normalized spacial score (nSPS) is 14.1. The first-order valence-corrected chi connectivity index (χ1v) is 11.6. The molecule has 0 bridgehead atoms. The maximum Gasteiger partial charge on any atom is 0.433 e. The summed E-state index contributed by atoms with van der Waals surface area (Å²) in [5.74, 6) is 0.308. The van der Waals surface area contributed by atoms with Gasteiger partial charge in [-0.3, -0.25) is 0 Å². The van der Waals surface area contributed by atoms with Gasteiger partial charge in [-0.2, -0.15) is 13.2 Å². The molecule has 1 unspecified atom stereocenters. The second-order valence-corrected chi connectivity index (χ2v) is 7.44. The predicted octanol–water partition coefficient (Wildman–Crippen LogP) is 9.00. The molecule has 3 nitrogen and oxygen atoms in total. The van der Waals surface area contributed by atoms with Crippen LogP contribution in [0.15, 0.2) is 70.6 Å². The molecule has 0 aliphatic heterocycles. The monoisotopic (exact) mass is 484 g/mol. The Labute approximate surface area is 201 Å². The lowest BCUT2D eigenvalue weighted by molar-refractivity contribution is -0.0924. The lowest BCUT2D eigenvalue weighted by Gasteiger charge is -2.16. The van der Waals surface area contributed by atoms with Gasteiger partial charge in [0.25, 0.3) is 0 Å². The number of hydrogen-bond donors (Lipinski definition) is 0. The molecule has 1 rings (SSSR count). The number of hydrogen-bond acceptors (Lipinski definition) is 3. The van der Waals surface area contributed by atoms with Gasteiger partial charge < -0.3 is 4.74 Å². The molecule has 0 saturated heterocycles. The van der Waals surface area contributed by atoms with Crippen molar-refractivity contribution in [1.82, 2.24) is 0 Å².